The third-order valence-corrected chi connectivity index (χ3v) is 2.67. The second-order valence-electron chi connectivity index (χ2n) is 3.08. The standard InChI is InChI=1S/C11H13ClO3P.Li/c1-14-9-4-3-7(12)11(15-2)10(9)8(13)5-6-16;/h3-4,16H,5-6H2,1-2H3;/q-1;+1. The molecule has 0 aliphatic rings. The van der Waals surface area contributed by atoms with Crippen LogP contribution in [0.3, 0.4) is 0 Å². The van der Waals surface area contributed by atoms with Gasteiger partial charge in [0.15, 0.2) is 11.5 Å². The van der Waals surface area contributed by atoms with Crippen molar-refractivity contribution in [1.29, 1.82) is 0 Å². The molecular formula is C11H13ClLiO3P. The maximum Gasteiger partial charge on any atom is 1.00 e. The fraction of sp³-hybridized carbons (Fsp3) is 0.364. The molecule has 0 saturated heterocycles. The largest absolute Gasteiger partial charge is 1.00 e. The van der Waals surface area contributed by atoms with E-state index in [-0.39, 0.29) is 24.6 Å². The molecule has 0 spiro atoms. The number of hydrogen-bond donors (Lipinski definition) is 0. The molecule has 0 saturated carbocycles. The number of ether oxygens (including phenoxy) is 2. The summed E-state index contributed by atoms with van der Waals surface area (Å²) in [7, 11) is 6.26. The number of halogens is 1. The normalized spacial score (nSPS) is 9.41. The van der Waals surface area contributed by atoms with E-state index in [1.807, 2.05) is 0 Å². The Kier molecular flexibility index (Phi) is 7.91. The first-order valence-corrected chi connectivity index (χ1v) is 5.82. The van der Waals surface area contributed by atoms with Crippen LogP contribution in [0.4, 0.5) is 0 Å². The predicted octanol–water partition coefficient (Wildman–Crippen LogP) is 0.0768. The third-order valence-electron chi connectivity index (χ3n) is 2.13. The predicted molar refractivity (Wildman–Crippen MR) is 66.7 cm³/mol. The van der Waals surface area contributed by atoms with Crippen molar-refractivity contribution >= 4 is 26.6 Å². The number of carbonyl (C=O) groups is 1. The molecule has 1 aromatic rings. The van der Waals surface area contributed by atoms with Gasteiger partial charge in [0, 0.05) is 0 Å². The van der Waals surface area contributed by atoms with Crippen LogP contribution in [-0.4, -0.2) is 26.2 Å². The zero-order valence-corrected chi connectivity index (χ0v) is 11.9. The minimum Gasteiger partial charge on any atom is -0.558 e. The first-order valence-electron chi connectivity index (χ1n) is 4.74. The number of benzene rings is 1. The van der Waals surface area contributed by atoms with Crippen LogP contribution < -0.4 is 28.3 Å². The summed E-state index contributed by atoms with van der Waals surface area (Å²) in [5.41, 5.74) is 0.399. The van der Waals surface area contributed by atoms with Gasteiger partial charge in [-0.2, -0.15) is 6.16 Å². The van der Waals surface area contributed by atoms with Gasteiger partial charge in [-0.25, -0.2) is 0 Å². The molecule has 0 fully saturated rings. The molecule has 0 radical (unpaired) electrons. The molecule has 0 N–H and O–H groups in total. The van der Waals surface area contributed by atoms with Crippen LogP contribution in [0.2, 0.25) is 5.02 Å². The van der Waals surface area contributed by atoms with E-state index in [1.165, 1.54) is 14.2 Å². The number of methoxy groups -OCH3 is 2. The molecule has 3 nitrogen and oxygen atoms in total. The van der Waals surface area contributed by atoms with Crippen molar-refractivity contribution in [2.75, 3.05) is 20.4 Å². The molecule has 0 unspecified atom stereocenters. The molecule has 0 amide bonds. The van der Waals surface area contributed by atoms with Crippen molar-refractivity contribution in [3.05, 3.63) is 22.7 Å². The van der Waals surface area contributed by atoms with Gasteiger partial charge >= 0.3 is 18.9 Å². The van der Waals surface area contributed by atoms with E-state index >= 15 is 0 Å². The van der Waals surface area contributed by atoms with E-state index in [4.69, 9.17) is 21.1 Å². The molecule has 6 heteroatoms. The molecule has 0 aliphatic heterocycles. The summed E-state index contributed by atoms with van der Waals surface area (Å²) in [5, 5.41) is 0.403. The maximum absolute atomic E-state index is 11.9. The molecule has 0 bridgehead atoms. The van der Waals surface area contributed by atoms with E-state index < -0.39 is 0 Å². The van der Waals surface area contributed by atoms with Gasteiger partial charge < -0.3 is 18.7 Å². The summed E-state index contributed by atoms with van der Waals surface area (Å²) in [6.45, 7) is 0. The van der Waals surface area contributed by atoms with E-state index in [2.05, 4.69) is 9.24 Å². The molecule has 1 rings (SSSR count). The van der Waals surface area contributed by atoms with Crippen molar-refractivity contribution in [1.82, 2.24) is 0 Å². The van der Waals surface area contributed by atoms with E-state index in [0.29, 0.717) is 34.7 Å². The minimum atomic E-state index is -0.0637. The monoisotopic (exact) mass is 266 g/mol. The second kappa shape index (κ2) is 8.01. The van der Waals surface area contributed by atoms with Gasteiger partial charge in [-0.3, -0.25) is 4.79 Å². The van der Waals surface area contributed by atoms with Gasteiger partial charge in [-0.05, 0) is 18.6 Å². The quantitative estimate of drug-likeness (QED) is 0.430. The summed E-state index contributed by atoms with van der Waals surface area (Å²) >= 11 is 5.96. The summed E-state index contributed by atoms with van der Waals surface area (Å²) in [6.07, 6.45) is 0.946. The molecule has 0 aliphatic carbocycles. The van der Waals surface area contributed by atoms with Crippen molar-refractivity contribution in [3.63, 3.8) is 0 Å². The van der Waals surface area contributed by atoms with Gasteiger partial charge in [0.25, 0.3) is 0 Å². The summed E-state index contributed by atoms with van der Waals surface area (Å²) < 4.78 is 10.3. The second-order valence-corrected chi connectivity index (χ2v) is 3.99. The Morgan fingerprint density at radius 1 is 1.35 bits per heavy atom. The smallest absolute Gasteiger partial charge is 0.558 e. The fourth-order valence-electron chi connectivity index (χ4n) is 1.41. The Labute approximate surface area is 121 Å². The Morgan fingerprint density at radius 3 is 2.47 bits per heavy atom. The topological polar surface area (TPSA) is 35.5 Å². The van der Waals surface area contributed by atoms with Crippen molar-refractivity contribution < 1.29 is 33.1 Å². The first-order chi connectivity index (χ1) is 7.65. The van der Waals surface area contributed by atoms with Gasteiger partial charge in [0.1, 0.15) is 11.3 Å². The van der Waals surface area contributed by atoms with E-state index in [0.717, 1.165) is 0 Å². The Hall–Kier alpha value is -0.193. The van der Waals surface area contributed by atoms with Crippen LogP contribution in [0.25, 0.3) is 0 Å². The van der Waals surface area contributed by atoms with Crippen LogP contribution in [-0.2, 0) is 0 Å². The summed E-state index contributed by atoms with van der Waals surface area (Å²) in [6, 6.07) is 3.30. The molecule has 17 heavy (non-hydrogen) atoms. The maximum atomic E-state index is 11.9. The molecule has 1 aromatic carbocycles. The molecule has 0 aromatic heterocycles. The summed E-state index contributed by atoms with van der Waals surface area (Å²) in [4.78, 5) is 11.9. The Bertz CT molecular complexity index is 399. The first kappa shape index (κ1) is 16.8. The Balaban J connectivity index is 0.00000256. The van der Waals surface area contributed by atoms with E-state index in [9.17, 15) is 4.79 Å². The number of hydrogen-bond acceptors (Lipinski definition) is 3. The SMILES string of the molecule is COc1ccc(Cl)c(OC)c1C(=O)CC[PH-].[Li+]. The number of Topliss-reactive ketones (excluding diaryl/α,β-unsaturated/α-hetero) is 1. The van der Waals surface area contributed by atoms with Crippen LogP contribution in [0.1, 0.15) is 16.8 Å². The van der Waals surface area contributed by atoms with Crippen molar-refractivity contribution in [2.45, 2.75) is 6.42 Å². The van der Waals surface area contributed by atoms with Crippen LogP contribution >= 0.6 is 20.8 Å². The van der Waals surface area contributed by atoms with Crippen LogP contribution in [0.5, 0.6) is 11.5 Å². The van der Waals surface area contributed by atoms with Crippen LogP contribution in [0, 0.1) is 0 Å². The third kappa shape index (κ3) is 3.90. The van der Waals surface area contributed by atoms with Gasteiger partial charge in [-0.1, -0.05) is 11.6 Å². The molecule has 0 atom stereocenters. The number of rotatable bonds is 5. The molecular weight excluding hydrogens is 253 g/mol. The zero-order chi connectivity index (χ0) is 12.1. The van der Waals surface area contributed by atoms with Gasteiger partial charge in [0.05, 0.1) is 19.2 Å². The zero-order valence-electron chi connectivity index (χ0n) is 10.2. The average Bonchev–Trinajstić information content (AvgIpc) is 2.28. The van der Waals surface area contributed by atoms with Gasteiger partial charge in [0.2, 0.25) is 0 Å². The average molecular weight is 267 g/mol. The summed E-state index contributed by atoms with van der Waals surface area (Å²) in [5.74, 6) is 0.781. The van der Waals surface area contributed by atoms with E-state index in [1.54, 1.807) is 12.1 Å². The van der Waals surface area contributed by atoms with Gasteiger partial charge in [-0.15, -0.1) is 0 Å². The molecule has 88 valence electrons. The van der Waals surface area contributed by atoms with Crippen molar-refractivity contribution in [3.8, 4) is 11.5 Å². The molecule has 0 heterocycles. The minimum absolute atomic E-state index is 0. The number of carbonyl (C=O) groups excluding carboxylic acids is 1. The van der Waals surface area contributed by atoms with Crippen molar-refractivity contribution in [2.24, 2.45) is 0 Å². The number of ketones is 1. The fourth-order valence-corrected chi connectivity index (χ4v) is 1.87. The Morgan fingerprint density at radius 2 is 2.00 bits per heavy atom. The van der Waals surface area contributed by atoms with Crippen LogP contribution in [0.15, 0.2) is 12.1 Å².